The van der Waals surface area contributed by atoms with Crippen LogP contribution in [0.2, 0.25) is 10.4 Å². The lowest BCUT2D eigenvalue weighted by atomic mass is 10.3. The molecule has 0 radical (unpaired) electrons. The van der Waals surface area contributed by atoms with E-state index >= 15 is 0 Å². The molecule has 9 heteroatoms. The summed E-state index contributed by atoms with van der Waals surface area (Å²) in [7, 11) is -4.04. The molecule has 0 aliphatic heterocycles. The number of ketones is 1. The van der Waals surface area contributed by atoms with Gasteiger partial charge in [0.1, 0.15) is 10.8 Å². The van der Waals surface area contributed by atoms with E-state index in [4.69, 9.17) is 23.2 Å². The summed E-state index contributed by atoms with van der Waals surface area (Å²) in [5, 5.41) is 0.00509. The van der Waals surface area contributed by atoms with Crippen LogP contribution in [0.3, 0.4) is 0 Å². The Bertz CT molecular complexity index is 1030. The number of benzene rings is 1. The second-order valence-electron chi connectivity index (χ2n) is 4.69. The minimum atomic E-state index is -4.04. The molecule has 1 aromatic carbocycles. The van der Waals surface area contributed by atoms with E-state index in [1.807, 2.05) is 0 Å². The number of fused-ring (bicyclic) bond motifs is 1. The molecule has 2 aromatic heterocycles. The molecule has 0 unspecified atom stereocenters. The molecule has 0 bridgehead atoms. The quantitative estimate of drug-likeness (QED) is 0.402. The number of rotatable bonds is 3. The van der Waals surface area contributed by atoms with E-state index in [-0.39, 0.29) is 32.1 Å². The van der Waals surface area contributed by atoms with Crippen molar-refractivity contribution in [2.75, 3.05) is 0 Å². The van der Waals surface area contributed by atoms with E-state index in [2.05, 4.69) is 9.97 Å². The van der Waals surface area contributed by atoms with Crippen LogP contribution < -0.4 is 0 Å². The lowest BCUT2D eigenvalue weighted by molar-refractivity contribution is 0.101. The Hall–Kier alpha value is -1.96. The molecule has 2 heterocycles. The minimum Gasteiger partial charge on any atom is -0.293 e. The smallest absolute Gasteiger partial charge is 0.270 e. The summed E-state index contributed by atoms with van der Waals surface area (Å²) >= 11 is 11.8. The number of halogens is 2. The molecule has 3 rings (SSSR count). The van der Waals surface area contributed by atoms with Crippen molar-refractivity contribution in [2.24, 2.45) is 0 Å². The Balaban J connectivity index is 2.45. The van der Waals surface area contributed by atoms with Gasteiger partial charge >= 0.3 is 0 Å². The summed E-state index contributed by atoms with van der Waals surface area (Å²) in [6.45, 7) is 1.26. The summed E-state index contributed by atoms with van der Waals surface area (Å²) in [5.41, 5.74) is -0.105. The Labute approximate surface area is 141 Å². The topological polar surface area (TPSA) is 81.9 Å². The Kier molecular flexibility index (Phi) is 3.87. The summed E-state index contributed by atoms with van der Waals surface area (Å²) in [5.74, 6) is -0.449. The molecule has 0 N–H and O–H groups in total. The third kappa shape index (κ3) is 2.60. The lowest BCUT2D eigenvalue weighted by Crippen LogP contribution is -2.18. The Morgan fingerprint density at radius 3 is 2.39 bits per heavy atom. The van der Waals surface area contributed by atoms with Crippen LogP contribution in [0.1, 0.15) is 17.4 Å². The third-order valence-electron chi connectivity index (χ3n) is 3.19. The number of aromatic nitrogens is 3. The average molecular weight is 370 g/mol. The maximum atomic E-state index is 12.9. The summed E-state index contributed by atoms with van der Waals surface area (Å²) < 4.78 is 26.7. The van der Waals surface area contributed by atoms with Gasteiger partial charge in [-0.05, 0) is 29.8 Å². The normalized spacial score (nSPS) is 11.8. The van der Waals surface area contributed by atoms with Crippen molar-refractivity contribution in [3.8, 4) is 0 Å². The van der Waals surface area contributed by atoms with E-state index in [0.717, 1.165) is 3.97 Å². The lowest BCUT2D eigenvalue weighted by Gasteiger charge is -2.09. The van der Waals surface area contributed by atoms with Crippen LogP contribution in [0.15, 0.2) is 41.3 Å². The molecule has 0 atom stereocenters. The molecular weight excluding hydrogens is 361 g/mol. The second kappa shape index (κ2) is 5.59. The highest BCUT2D eigenvalue weighted by atomic mass is 35.5. The number of hydrogen-bond donors (Lipinski definition) is 0. The van der Waals surface area contributed by atoms with Gasteiger partial charge in [-0.1, -0.05) is 29.8 Å². The van der Waals surface area contributed by atoms with Crippen molar-refractivity contribution in [1.29, 1.82) is 0 Å². The zero-order valence-electron chi connectivity index (χ0n) is 11.7. The third-order valence-corrected chi connectivity index (χ3v) is 5.36. The maximum absolute atomic E-state index is 12.9. The molecule has 118 valence electrons. The summed E-state index contributed by atoms with van der Waals surface area (Å²) in [6.07, 6.45) is 0. The fourth-order valence-electron chi connectivity index (χ4n) is 2.18. The first-order valence-corrected chi connectivity index (χ1v) is 8.58. The zero-order valence-corrected chi connectivity index (χ0v) is 14.0. The van der Waals surface area contributed by atoms with E-state index in [1.165, 1.54) is 25.1 Å². The van der Waals surface area contributed by atoms with Crippen LogP contribution in [-0.4, -0.2) is 28.1 Å². The Morgan fingerprint density at radius 1 is 1.13 bits per heavy atom. The van der Waals surface area contributed by atoms with Crippen LogP contribution in [-0.2, 0) is 10.0 Å². The fraction of sp³-hybridized carbons (Fsp3) is 0.0714. The maximum Gasteiger partial charge on any atom is 0.270 e. The van der Waals surface area contributed by atoms with Gasteiger partial charge in [0.2, 0.25) is 5.28 Å². The van der Waals surface area contributed by atoms with Gasteiger partial charge in [-0.15, -0.1) is 0 Å². The van der Waals surface area contributed by atoms with E-state index in [9.17, 15) is 13.2 Å². The van der Waals surface area contributed by atoms with Gasteiger partial charge in [-0.2, -0.15) is 4.98 Å². The number of hydrogen-bond acceptors (Lipinski definition) is 5. The molecule has 0 aliphatic rings. The zero-order chi connectivity index (χ0) is 16.8. The minimum absolute atomic E-state index is 0.0193. The second-order valence-corrected chi connectivity index (χ2v) is 7.17. The molecule has 0 fully saturated rings. The number of Topliss-reactive ketones (excluding diaryl/α,β-unsaturated/α-hetero) is 1. The van der Waals surface area contributed by atoms with Gasteiger partial charge in [0.15, 0.2) is 11.4 Å². The van der Waals surface area contributed by atoms with E-state index in [1.54, 1.807) is 18.2 Å². The molecule has 23 heavy (non-hydrogen) atoms. The van der Waals surface area contributed by atoms with Crippen LogP contribution in [0.5, 0.6) is 0 Å². The molecular formula is C14H9Cl2N3O3S. The molecule has 0 amide bonds. The first-order chi connectivity index (χ1) is 10.8. The highest BCUT2D eigenvalue weighted by Gasteiger charge is 2.27. The van der Waals surface area contributed by atoms with E-state index < -0.39 is 15.8 Å². The van der Waals surface area contributed by atoms with Crippen molar-refractivity contribution in [3.05, 3.63) is 52.5 Å². The van der Waals surface area contributed by atoms with Crippen LogP contribution >= 0.6 is 23.2 Å². The SMILES string of the molecule is CC(=O)c1cc2c(Cl)nc(Cl)nc2n1S(=O)(=O)c1ccccc1. The van der Waals surface area contributed by atoms with Crippen LogP contribution in [0.25, 0.3) is 11.0 Å². The summed E-state index contributed by atoms with van der Waals surface area (Å²) in [4.78, 5) is 19.6. The molecule has 6 nitrogen and oxygen atoms in total. The van der Waals surface area contributed by atoms with Crippen molar-refractivity contribution in [1.82, 2.24) is 13.9 Å². The van der Waals surface area contributed by atoms with Gasteiger partial charge < -0.3 is 0 Å². The van der Waals surface area contributed by atoms with Gasteiger partial charge in [0.05, 0.1) is 10.3 Å². The standard InChI is InChI=1S/C14H9Cl2N3O3S/c1-8(20)11-7-10-12(15)17-14(16)18-13(10)19(11)23(21,22)9-5-3-2-4-6-9/h2-7H,1H3. The average Bonchev–Trinajstić information content (AvgIpc) is 2.88. The van der Waals surface area contributed by atoms with Gasteiger partial charge in [0, 0.05) is 6.92 Å². The van der Waals surface area contributed by atoms with Crippen LogP contribution in [0, 0.1) is 0 Å². The highest BCUT2D eigenvalue weighted by molar-refractivity contribution is 7.90. The largest absolute Gasteiger partial charge is 0.293 e. The van der Waals surface area contributed by atoms with Crippen molar-refractivity contribution < 1.29 is 13.2 Å². The molecule has 3 aromatic rings. The highest BCUT2D eigenvalue weighted by Crippen LogP contribution is 2.29. The summed E-state index contributed by atoms with van der Waals surface area (Å²) in [6, 6.07) is 9.05. The van der Waals surface area contributed by atoms with Gasteiger partial charge in [-0.25, -0.2) is 17.4 Å². The molecule has 0 saturated carbocycles. The first kappa shape index (κ1) is 15.9. The fourth-order valence-corrected chi connectivity index (χ4v) is 4.13. The van der Waals surface area contributed by atoms with Crippen molar-refractivity contribution in [3.63, 3.8) is 0 Å². The van der Waals surface area contributed by atoms with Crippen molar-refractivity contribution >= 4 is 50.0 Å². The number of carbonyl (C=O) groups is 1. The molecule has 0 aliphatic carbocycles. The van der Waals surface area contributed by atoms with Crippen LogP contribution in [0.4, 0.5) is 0 Å². The van der Waals surface area contributed by atoms with Gasteiger partial charge in [-0.3, -0.25) is 4.79 Å². The first-order valence-electron chi connectivity index (χ1n) is 6.38. The number of nitrogens with zero attached hydrogens (tertiary/aromatic N) is 3. The van der Waals surface area contributed by atoms with E-state index in [0.29, 0.717) is 0 Å². The van der Waals surface area contributed by atoms with Crippen molar-refractivity contribution in [2.45, 2.75) is 11.8 Å². The predicted octanol–water partition coefficient (Wildman–Crippen LogP) is 3.18. The molecule has 0 saturated heterocycles. The number of carbonyl (C=O) groups excluding carboxylic acids is 1. The van der Waals surface area contributed by atoms with Gasteiger partial charge in [0.25, 0.3) is 10.0 Å². The monoisotopic (exact) mass is 369 g/mol. The Morgan fingerprint density at radius 2 is 1.78 bits per heavy atom. The molecule has 0 spiro atoms. The predicted molar refractivity (Wildman–Crippen MR) is 86.6 cm³/mol.